The van der Waals surface area contributed by atoms with Crippen LogP contribution in [0.3, 0.4) is 0 Å². The molecular weight excluding hydrogens is 510 g/mol. The van der Waals surface area contributed by atoms with Crippen molar-refractivity contribution in [3.8, 4) is 0 Å². The van der Waals surface area contributed by atoms with Gasteiger partial charge in [0.15, 0.2) is 5.60 Å². The van der Waals surface area contributed by atoms with Gasteiger partial charge in [-0.3, -0.25) is 14.4 Å². The first-order valence-electron chi connectivity index (χ1n) is 13.3. The Balaban J connectivity index is 1.31. The second-order valence-corrected chi connectivity index (χ2v) is 10.00. The molecule has 208 valence electrons. The molecular formula is C30H33N5O5. The molecule has 0 radical (unpaired) electrons. The second kappa shape index (κ2) is 11.4. The maximum absolute atomic E-state index is 13.5. The van der Waals surface area contributed by atoms with E-state index in [9.17, 15) is 19.8 Å². The Morgan fingerprint density at radius 3 is 2.70 bits per heavy atom. The molecule has 1 aromatic heterocycles. The van der Waals surface area contributed by atoms with Crippen molar-refractivity contribution in [1.29, 1.82) is 0 Å². The summed E-state index contributed by atoms with van der Waals surface area (Å²) in [6.07, 6.45) is 7.33. The van der Waals surface area contributed by atoms with Gasteiger partial charge in [0.05, 0.1) is 30.5 Å². The molecule has 2 aliphatic rings. The number of fused-ring (bicyclic) bond motifs is 1. The molecule has 10 nitrogen and oxygen atoms in total. The number of benzene rings is 2. The Bertz CT molecular complexity index is 1420. The summed E-state index contributed by atoms with van der Waals surface area (Å²) in [5, 5.41) is 30.2. The van der Waals surface area contributed by atoms with E-state index in [0.717, 1.165) is 5.56 Å². The number of carbonyl (C=O) groups excluding carboxylic acids is 2. The van der Waals surface area contributed by atoms with Crippen LogP contribution >= 0.6 is 0 Å². The number of hydrogen-bond donors (Lipinski definition) is 2. The minimum Gasteiger partial charge on any atom is -0.447 e. The molecule has 0 aliphatic carbocycles. The largest absolute Gasteiger partial charge is 0.447 e. The van der Waals surface area contributed by atoms with Crippen LogP contribution in [0.15, 0.2) is 79.5 Å². The molecule has 1 fully saturated rings. The summed E-state index contributed by atoms with van der Waals surface area (Å²) < 4.78 is 6.78. The number of aryl methyl sites for hydroxylation is 1. The number of aliphatic hydroxyl groups is 2. The molecule has 2 aromatic carbocycles. The number of amides is 2. The first-order chi connectivity index (χ1) is 19.4. The Morgan fingerprint density at radius 1 is 1.20 bits per heavy atom. The molecule has 10 heteroatoms. The van der Waals surface area contributed by atoms with Crippen molar-refractivity contribution in [1.82, 2.24) is 15.0 Å². The minimum atomic E-state index is -1.81. The quantitative estimate of drug-likeness (QED) is 0.356. The van der Waals surface area contributed by atoms with Crippen molar-refractivity contribution in [2.24, 2.45) is 5.92 Å². The van der Waals surface area contributed by atoms with Crippen LogP contribution in [0.1, 0.15) is 36.1 Å². The van der Waals surface area contributed by atoms with Gasteiger partial charge in [-0.15, -0.1) is 11.7 Å². The van der Waals surface area contributed by atoms with Crippen LogP contribution in [-0.4, -0.2) is 63.5 Å². The van der Waals surface area contributed by atoms with Crippen molar-refractivity contribution in [3.63, 3.8) is 0 Å². The number of rotatable bonds is 11. The van der Waals surface area contributed by atoms with Crippen LogP contribution in [0.5, 0.6) is 0 Å². The second-order valence-electron chi connectivity index (χ2n) is 10.00. The van der Waals surface area contributed by atoms with Gasteiger partial charge < -0.3 is 19.8 Å². The van der Waals surface area contributed by atoms with Crippen molar-refractivity contribution in [2.75, 3.05) is 36.1 Å². The van der Waals surface area contributed by atoms with E-state index in [4.69, 9.17) is 4.74 Å². The molecule has 5 rings (SSSR count). The molecule has 0 saturated carbocycles. The average molecular weight is 544 g/mol. The Labute approximate surface area is 232 Å². The van der Waals surface area contributed by atoms with Gasteiger partial charge in [0.1, 0.15) is 6.61 Å². The van der Waals surface area contributed by atoms with Crippen molar-refractivity contribution >= 4 is 23.4 Å². The highest BCUT2D eigenvalue weighted by Gasteiger charge is 2.52. The van der Waals surface area contributed by atoms with E-state index < -0.39 is 23.5 Å². The lowest BCUT2D eigenvalue weighted by Gasteiger charge is -2.28. The van der Waals surface area contributed by atoms with E-state index >= 15 is 0 Å². The Kier molecular flexibility index (Phi) is 7.81. The first-order valence-corrected chi connectivity index (χ1v) is 13.3. The van der Waals surface area contributed by atoms with E-state index in [1.807, 2.05) is 48.7 Å². The van der Waals surface area contributed by atoms with E-state index in [0.29, 0.717) is 48.7 Å². The molecule has 3 aromatic rings. The average Bonchev–Trinajstić information content (AvgIpc) is 3.67. The lowest BCUT2D eigenvalue weighted by atomic mass is 9.82. The summed E-state index contributed by atoms with van der Waals surface area (Å²) in [7, 11) is 0. The van der Waals surface area contributed by atoms with Crippen LogP contribution in [0, 0.1) is 5.92 Å². The van der Waals surface area contributed by atoms with Gasteiger partial charge in [0, 0.05) is 36.5 Å². The predicted octanol–water partition coefficient (Wildman–Crippen LogP) is 3.36. The molecule has 3 atom stereocenters. The van der Waals surface area contributed by atoms with Gasteiger partial charge in [-0.25, -0.2) is 4.79 Å². The number of aliphatic hydroxyl groups excluding tert-OH is 1. The third kappa shape index (κ3) is 4.91. The van der Waals surface area contributed by atoms with Gasteiger partial charge in [-0.2, -0.15) is 0 Å². The predicted molar refractivity (Wildman–Crippen MR) is 150 cm³/mol. The maximum Gasteiger partial charge on any atom is 0.414 e. The number of allylic oxidation sites excluding steroid dienone is 1. The lowest BCUT2D eigenvalue weighted by molar-refractivity contribution is -0.139. The normalized spacial score (nSPS) is 20.2. The molecule has 1 saturated heterocycles. The van der Waals surface area contributed by atoms with Crippen LogP contribution < -0.4 is 9.80 Å². The third-order valence-electron chi connectivity index (χ3n) is 7.54. The first kappa shape index (κ1) is 27.3. The number of aromatic nitrogens is 3. The van der Waals surface area contributed by atoms with Gasteiger partial charge in [-0.05, 0) is 30.2 Å². The zero-order valence-corrected chi connectivity index (χ0v) is 22.4. The minimum absolute atomic E-state index is 0.0717. The highest BCUT2D eigenvalue weighted by atomic mass is 16.6. The van der Waals surface area contributed by atoms with E-state index in [1.165, 1.54) is 9.80 Å². The zero-order chi connectivity index (χ0) is 28.3. The summed E-state index contributed by atoms with van der Waals surface area (Å²) in [6.45, 7) is 6.97. The lowest BCUT2D eigenvalue weighted by Crippen LogP contribution is -2.44. The fourth-order valence-corrected chi connectivity index (χ4v) is 5.33. The number of anilines is 2. The fourth-order valence-electron chi connectivity index (χ4n) is 5.33. The SMILES string of the molecule is C=CCN1C(=O)[C@@](O)([C@@H](C)/C=C/CCn2cc(C(CO)c3ccccc3)nn2)c2cc(N3CCOC3=O)ccc21. The summed E-state index contributed by atoms with van der Waals surface area (Å²) >= 11 is 0. The standard InChI is InChI=1S/C30H33N5O5/c1-3-14-35-27-13-12-23(34-16-17-40-29(34)38)18-25(27)30(39,28(35)37)21(2)9-7-8-15-33-19-26(31-32-33)24(20-36)22-10-5-4-6-11-22/h3-7,9-13,18-19,21,24,36,39H,1,8,14-17,20H2,2H3/b9-7+/t21-,24?,30+/m0/s1. The number of carbonyl (C=O) groups is 2. The molecule has 2 amide bonds. The number of hydrogen-bond acceptors (Lipinski definition) is 7. The summed E-state index contributed by atoms with van der Waals surface area (Å²) in [6, 6.07) is 14.9. The Morgan fingerprint density at radius 2 is 2.00 bits per heavy atom. The summed E-state index contributed by atoms with van der Waals surface area (Å²) in [5.41, 5.74) is 1.47. The molecule has 0 bridgehead atoms. The van der Waals surface area contributed by atoms with Gasteiger partial charge in [0.25, 0.3) is 5.91 Å². The van der Waals surface area contributed by atoms with Crippen molar-refractivity contribution in [2.45, 2.75) is 31.4 Å². The molecule has 2 aliphatic heterocycles. The molecule has 1 unspecified atom stereocenters. The van der Waals surface area contributed by atoms with Gasteiger partial charge in [0.2, 0.25) is 0 Å². The topological polar surface area (TPSA) is 121 Å². The van der Waals surface area contributed by atoms with Crippen LogP contribution in [0.25, 0.3) is 0 Å². The van der Waals surface area contributed by atoms with E-state index in [1.54, 1.807) is 35.9 Å². The van der Waals surface area contributed by atoms with E-state index in [-0.39, 0.29) is 19.1 Å². The van der Waals surface area contributed by atoms with E-state index in [2.05, 4.69) is 16.9 Å². The van der Waals surface area contributed by atoms with Gasteiger partial charge >= 0.3 is 6.09 Å². The maximum atomic E-state index is 13.5. The number of nitrogens with zero attached hydrogens (tertiary/aromatic N) is 5. The van der Waals surface area contributed by atoms with Crippen LogP contribution in [-0.2, 0) is 21.7 Å². The van der Waals surface area contributed by atoms with Crippen LogP contribution in [0.2, 0.25) is 0 Å². The van der Waals surface area contributed by atoms with Crippen molar-refractivity contribution < 1.29 is 24.5 Å². The smallest absolute Gasteiger partial charge is 0.414 e. The molecule has 40 heavy (non-hydrogen) atoms. The van der Waals surface area contributed by atoms with Gasteiger partial charge in [-0.1, -0.05) is 60.7 Å². The highest BCUT2D eigenvalue weighted by molar-refractivity contribution is 6.08. The molecule has 3 heterocycles. The number of cyclic esters (lactones) is 1. The number of ether oxygens (including phenoxy) is 1. The molecule has 2 N–H and O–H groups in total. The third-order valence-corrected chi connectivity index (χ3v) is 7.54. The molecule has 0 spiro atoms. The summed E-state index contributed by atoms with van der Waals surface area (Å²) in [5.74, 6) is -1.24. The van der Waals surface area contributed by atoms with Crippen molar-refractivity contribution in [3.05, 3.63) is 96.4 Å². The van der Waals surface area contributed by atoms with Crippen LogP contribution in [0.4, 0.5) is 16.2 Å². The zero-order valence-electron chi connectivity index (χ0n) is 22.4. The highest BCUT2D eigenvalue weighted by Crippen LogP contribution is 2.46. The monoisotopic (exact) mass is 543 g/mol. The summed E-state index contributed by atoms with van der Waals surface area (Å²) in [4.78, 5) is 28.7. The fraction of sp³-hybridized carbons (Fsp3) is 0.333. The Hall–Kier alpha value is -4.28.